The first-order valence-corrected chi connectivity index (χ1v) is 8.48. The van der Waals surface area contributed by atoms with Gasteiger partial charge in [0, 0.05) is 23.7 Å². The summed E-state index contributed by atoms with van der Waals surface area (Å²) in [5.41, 5.74) is 1.84. The summed E-state index contributed by atoms with van der Waals surface area (Å²) in [5, 5.41) is 2.03. The molecular weight excluding hydrogens is 296 g/mol. The number of amides is 1. The minimum absolute atomic E-state index is 0.127. The Labute approximate surface area is 134 Å². The minimum Gasteiger partial charge on any atom is -0.330 e. The highest BCUT2D eigenvalue weighted by Crippen LogP contribution is 2.36. The van der Waals surface area contributed by atoms with Gasteiger partial charge in [0.25, 0.3) is 11.5 Å². The van der Waals surface area contributed by atoms with Crippen LogP contribution in [0.4, 0.5) is 0 Å². The molecule has 1 atom stereocenters. The Morgan fingerprint density at radius 2 is 2.18 bits per heavy atom. The van der Waals surface area contributed by atoms with Crippen LogP contribution in [0.1, 0.15) is 45.9 Å². The van der Waals surface area contributed by atoms with Gasteiger partial charge in [-0.1, -0.05) is 6.07 Å². The summed E-state index contributed by atoms with van der Waals surface area (Å²) in [6.07, 6.45) is 0.971. The monoisotopic (exact) mass is 316 g/mol. The quantitative estimate of drug-likeness (QED) is 0.873. The van der Waals surface area contributed by atoms with E-state index in [-0.39, 0.29) is 17.5 Å². The zero-order chi connectivity index (χ0) is 15.9. The predicted molar refractivity (Wildman–Crippen MR) is 88.6 cm³/mol. The van der Waals surface area contributed by atoms with E-state index in [0.717, 1.165) is 24.2 Å². The predicted octanol–water partition coefficient (Wildman–Crippen LogP) is 3.13. The summed E-state index contributed by atoms with van der Waals surface area (Å²) in [6.45, 7) is 6.99. The van der Waals surface area contributed by atoms with E-state index in [1.807, 2.05) is 43.2 Å². The Morgan fingerprint density at radius 1 is 1.41 bits per heavy atom. The summed E-state index contributed by atoms with van der Waals surface area (Å²) in [5.74, 6) is -0.130. The average molecular weight is 316 g/mol. The molecule has 116 valence electrons. The fourth-order valence-electron chi connectivity index (χ4n) is 3.13. The first-order chi connectivity index (χ1) is 10.5. The number of nitrogens with zero attached hydrogens (tertiary/aromatic N) is 2. The summed E-state index contributed by atoms with van der Waals surface area (Å²) < 4.78 is 1.67. The smallest absolute Gasteiger partial charge is 0.263 e. The molecule has 2 aromatic rings. The number of hydrogen-bond donors (Lipinski definition) is 0. The van der Waals surface area contributed by atoms with Crippen molar-refractivity contribution < 1.29 is 4.79 Å². The van der Waals surface area contributed by atoms with Gasteiger partial charge in [-0.05, 0) is 50.3 Å². The number of pyridine rings is 1. The lowest BCUT2D eigenvalue weighted by molar-refractivity contribution is 0.0464. The van der Waals surface area contributed by atoms with Crippen LogP contribution in [0.5, 0.6) is 0 Å². The van der Waals surface area contributed by atoms with E-state index in [9.17, 15) is 9.59 Å². The molecule has 5 heteroatoms. The van der Waals surface area contributed by atoms with Gasteiger partial charge < -0.3 is 9.47 Å². The molecule has 1 amide bonds. The maximum Gasteiger partial charge on any atom is 0.263 e. The van der Waals surface area contributed by atoms with Crippen molar-refractivity contribution in [3.05, 3.63) is 55.6 Å². The highest BCUT2D eigenvalue weighted by Gasteiger charge is 2.36. The molecule has 1 fully saturated rings. The zero-order valence-electron chi connectivity index (χ0n) is 13.1. The summed E-state index contributed by atoms with van der Waals surface area (Å²) in [7, 11) is 0. The number of carbonyl (C=O) groups excluding carboxylic acids is 1. The molecule has 0 N–H and O–H groups in total. The maximum atomic E-state index is 12.9. The lowest BCUT2D eigenvalue weighted by Gasteiger charge is -2.40. The fraction of sp³-hybridized carbons (Fsp3) is 0.412. The van der Waals surface area contributed by atoms with Gasteiger partial charge in [0.1, 0.15) is 5.56 Å². The molecule has 0 aliphatic carbocycles. The third-order valence-corrected chi connectivity index (χ3v) is 5.36. The third kappa shape index (κ3) is 2.29. The highest BCUT2D eigenvalue weighted by atomic mass is 32.1. The lowest BCUT2D eigenvalue weighted by atomic mass is 9.98. The van der Waals surface area contributed by atoms with Crippen LogP contribution in [0.3, 0.4) is 0 Å². The van der Waals surface area contributed by atoms with Gasteiger partial charge >= 0.3 is 0 Å². The van der Waals surface area contributed by atoms with Crippen LogP contribution in [-0.2, 0) is 6.54 Å². The Morgan fingerprint density at radius 3 is 2.73 bits per heavy atom. The van der Waals surface area contributed by atoms with Crippen LogP contribution in [0.15, 0.2) is 28.4 Å². The van der Waals surface area contributed by atoms with Crippen molar-refractivity contribution in [3.8, 4) is 0 Å². The number of aryl methyl sites for hydroxylation is 2. The van der Waals surface area contributed by atoms with E-state index >= 15 is 0 Å². The van der Waals surface area contributed by atoms with Crippen LogP contribution in [0.25, 0.3) is 0 Å². The molecule has 0 bridgehead atoms. The second-order valence-electron chi connectivity index (χ2n) is 5.71. The first kappa shape index (κ1) is 15.0. The van der Waals surface area contributed by atoms with Gasteiger partial charge in [0.05, 0.1) is 6.04 Å². The van der Waals surface area contributed by atoms with Gasteiger partial charge in [0.15, 0.2) is 0 Å². The van der Waals surface area contributed by atoms with Crippen molar-refractivity contribution >= 4 is 17.2 Å². The first-order valence-electron chi connectivity index (χ1n) is 7.60. The number of rotatable bonds is 3. The van der Waals surface area contributed by atoms with Crippen molar-refractivity contribution in [2.24, 2.45) is 0 Å². The minimum atomic E-state index is -0.165. The fourth-order valence-corrected chi connectivity index (χ4v) is 4.00. The van der Waals surface area contributed by atoms with Crippen molar-refractivity contribution in [2.75, 3.05) is 6.54 Å². The topological polar surface area (TPSA) is 42.3 Å². The molecule has 0 aromatic carbocycles. The maximum absolute atomic E-state index is 12.9. The highest BCUT2D eigenvalue weighted by molar-refractivity contribution is 7.10. The largest absolute Gasteiger partial charge is 0.330 e. The van der Waals surface area contributed by atoms with Crippen LogP contribution >= 0.6 is 11.3 Å². The Kier molecular flexibility index (Phi) is 3.91. The number of carbonyl (C=O) groups is 1. The van der Waals surface area contributed by atoms with Crippen molar-refractivity contribution in [1.29, 1.82) is 0 Å². The molecule has 2 aromatic heterocycles. The van der Waals surface area contributed by atoms with E-state index in [1.165, 1.54) is 4.88 Å². The molecule has 22 heavy (non-hydrogen) atoms. The summed E-state index contributed by atoms with van der Waals surface area (Å²) >= 11 is 1.66. The third-order valence-electron chi connectivity index (χ3n) is 4.39. The van der Waals surface area contributed by atoms with Gasteiger partial charge in [-0.2, -0.15) is 0 Å². The average Bonchev–Trinajstić information content (AvgIpc) is 2.90. The van der Waals surface area contributed by atoms with Crippen LogP contribution in [0, 0.1) is 13.8 Å². The molecule has 3 rings (SSSR count). The van der Waals surface area contributed by atoms with E-state index in [1.54, 1.807) is 15.9 Å². The van der Waals surface area contributed by atoms with Gasteiger partial charge in [-0.25, -0.2) is 0 Å². The standard InChI is InChI=1S/C17H20N2O2S/c1-4-18-12(3)10-11(2)15(16(18)20)17(21)19-8-7-13(19)14-6-5-9-22-14/h5-6,9-10,13H,4,7-8H2,1-3H3. The van der Waals surface area contributed by atoms with Gasteiger partial charge in [-0.3, -0.25) is 9.59 Å². The molecule has 0 radical (unpaired) electrons. The van der Waals surface area contributed by atoms with Crippen LogP contribution in [-0.4, -0.2) is 21.9 Å². The second kappa shape index (κ2) is 5.72. The normalized spacial score (nSPS) is 17.4. The molecule has 4 nitrogen and oxygen atoms in total. The summed E-state index contributed by atoms with van der Waals surface area (Å²) in [4.78, 5) is 28.5. The molecule has 1 saturated heterocycles. The van der Waals surface area contributed by atoms with E-state index < -0.39 is 0 Å². The van der Waals surface area contributed by atoms with E-state index in [2.05, 4.69) is 6.07 Å². The van der Waals surface area contributed by atoms with E-state index in [0.29, 0.717) is 12.1 Å². The number of likely N-dealkylation sites (tertiary alicyclic amines) is 1. The zero-order valence-corrected chi connectivity index (χ0v) is 13.9. The molecule has 3 heterocycles. The van der Waals surface area contributed by atoms with Crippen molar-refractivity contribution in [3.63, 3.8) is 0 Å². The summed E-state index contributed by atoms with van der Waals surface area (Å²) in [6, 6.07) is 6.11. The van der Waals surface area contributed by atoms with Gasteiger partial charge in [-0.15, -0.1) is 11.3 Å². The molecule has 1 aliphatic rings. The van der Waals surface area contributed by atoms with Crippen molar-refractivity contribution in [1.82, 2.24) is 9.47 Å². The van der Waals surface area contributed by atoms with Crippen LogP contribution in [0.2, 0.25) is 0 Å². The molecule has 1 aliphatic heterocycles. The Bertz CT molecular complexity index is 762. The Hall–Kier alpha value is -1.88. The lowest BCUT2D eigenvalue weighted by Crippen LogP contribution is -2.47. The van der Waals surface area contributed by atoms with Crippen LogP contribution < -0.4 is 5.56 Å². The number of thiophene rings is 1. The SMILES string of the molecule is CCn1c(C)cc(C)c(C(=O)N2CCC2c2cccs2)c1=O. The molecule has 0 saturated carbocycles. The number of hydrogen-bond acceptors (Lipinski definition) is 3. The molecule has 0 spiro atoms. The molecular formula is C17H20N2O2S. The Balaban J connectivity index is 1.98. The van der Waals surface area contributed by atoms with Crippen molar-refractivity contribution in [2.45, 2.75) is 39.8 Å². The van der Waals surface area contributed by atoms with Gasteiger partial charge in [0.2, 0.25) is 0 Å². The second-order valence-corrected chi connectivity index (χ2v) is 6.69. The van der Waals surface area contributed by atoms with E-state index in [4.69, 9.17) is 0 Å². The molecule has 1 unspecified atom stereocenters. The number of aromatic nitrogens is 1.